The Morgan fingerprint density at radius 3 is 2.68 bits per heavy atom. The normalized spacial score (nSPS) is 15.5. The molecule has 0 atom stereocenters. The van der Waals surface area contributed by atoms with Gasteiger partial charge in [0.1, 0.15) is 5.82 Å². The van der Waals surface area contributed by atoms with Gasteiger partial charge in [0, 0.05) is 67.2 Å². The minimum atomic E-state index is 0.394. The van der Waals surface area contributed by atoms with Crippen molar-refractivity contribution >= 4 is 0 Å². The predicted molar refractivity (Wildman–Crippen MR) is 86.6 cm³/mol. The summed E-state index contributed by atoms with van der Waals surface area (Å²) in [4.78, 5) is 11.7. The smallest absolute Gasteiger partial charge is 0.131 e. The average molecular weight is 299 g/mol. The van der Waals surface area contributed by atoms with Crippen LogP contribution in [0.2, 0.25) is 0 Å². The predicted octanol–water partition coefficient (Wildman–Crippen LogP) is 2.94. The van der Waals surface area contributed by atoms with Gasteiger partial charge in [-0.15, -0.1) is 0 Å². The molecule has 0 saturated heterocycles. The molecule has 0 radical (unpaired) electrons. The first-order valence-electron chi connectivity index (χ1n) is 8.13. The van der Waals surface area contributed by atoms with E-state index in [-0.39, 0.29) is 0 Å². The molecule has 1 aliphatic heterocycles. The van der Waals surface area contributed by atoms with Gasteiger partial charge in [-0.3, -0.25) is 9.58 Å². The quantitative estimate of drug-likeness (QED) is 0.871. The van der Waals surface area contributed by atoms with Crippen LogP contribution in [0, 0.1) is 0 Å². The standard InChI is InChI=1S/C17H25N5/c1-12(2)17-18-8-15-11-21(6-5-16(15)20-17)9-14-7-19-22(10-14)13(3)4/h7-8,10,12-13H,5-6,9,11H2,1-4H3. The van der Waals surface area contributed by atoms with Gasteiger partial charge in [0.05, 0.1) is 6.20 Å². The summed E-state index contributed by atoms with van der Waals surface area (Å²) < 4.78 is 2.02. The van der Waals surface area contributed by atoms with Gasteiger partial charge in [-0.2, -0.15) is 5.10 Å². The van der Waals surface area contributed by atoms with Crippen LogP contribution in [0.15, 0.2) is 18.6 Å². The Morgan fingerprint density at radius 1 is 1.18 bits per heavy atom. The Hall–Kier alpha value is -1.75. The fourth-order valence-electron chi connectivity index (χ4n) is 2.80. The van der Waals surface area contributed by atoms with Crippen molar-refractivity contribution in [1.29, 1.82) is 0 Å². The van der Waals surface area contributed by atoms with Crippen molar-refractivity contribution < 1.29 is 0 Å². The fraction of sp³-hybridized carbons (Fsp3) is 0.588. The summed E-state index contributed by atoms with van der Waals surface area (Å²) in [7, 11) is 0. The third-order valence-electron chi connectivity index (χ3n) is 4.14. The van der Waals surface area contributed by atoms with E-state index < -0.39 is 0 Å². The molecular weight excluding hydrogens is 274 g/mol. The zero-order valence-corrected chi connectivity index (χ0v) is 14.0. The number of aromatic nitrogens is 4. The zero-order chi connectivity index (χ0) is 15.7. The molecular formula is C17H25N5. The van der Waals surface area contributed by atoms with Gasteiger partial charge in [-0.25, -0.2) is 9.97 Å². The average Bonchev–Trinajstić information content (AvgIpc) is 2.95. The Bertz CT molecular complexity index is 644. The first-order valence-corrected chi connectivity index (χ1v) is 8.13. The van der Waals surface area contributed by atoms with Gasteiger partial charge in [-0.1, -0.05) is 13.8 Å². The van der Waals surface area contributed by atoms with E-state index in [0.717, 1.165) is 31.9 Å². The second-order valence-corrected chi connectivity index (χ2v) is 6.74. The molecule has 0 amide bonds. The third kappa shape index (κ3) is 3.19. The summed E-state index contributed by atoms with van der Waals surface area (Å²) in [6.07, 6.45) is 7.16. The van der Waals surface area contributed by atoms with Crippen molar-refractivity contribution in [2.24, 2.45) is 0 Å². The molecule has 3 heterocycles. The molecule has 0 spiro atoms. The maximum Gasteiger partial charge on any atom is 0.131 e. The van der Waals surface area contributed by atoms with E-state index in [9.17, 15) is 0 Å². The SMILES string of the molecule is CC(C)c1ncc2c(n1)CCN(Cc1cnn(C(C)C)c1)C2. The Morgan fingerprint density at radius 2 is 2.00 bits per heavy atom. The number of rotatable bonds is 4. The monoisotopic (exact) mass is 299 g/mol. The molecule has 0 unspecified atom stereocenters. The highest BCUT2D eigenvalue weighted by molar-refractivity contribution is 5.21. The first kappa shape index (κ1) is 15.2. The number of nitrogens with zero attached hydrogens (tertiary/aromatic N) is 5. The number of hydrogen-bond donors (Lipinski definition) is 0. The van der Waals surface area contributed by atoms with Crippen LogP contribution in [0.1, 0.15) is 62.3 Å². The van der Waals surface area contributed by atoms with Crippen molar-refractivity contribution in [2.45, 2.75) is 59.2 Å². The van der Waals surface area contributed by atoms with Crippen LogP contribution in [0.5, 0.6) is 0 Å². The largest absolute Gasteiger partial charge is 0.294 e. The maximum absolute atomic E-state index is 4.73. The molecule has 0 N–H and O–H groups in total. The Labute approximate surface area is 132 Å². The summed E-state index contributed by atoms with van der Waals surface area (Å²) in [6.45, 7) is 11.5. The molecule has 0 aromatic carbocycles. The zero-order valence-electron chi connectivity index (χ0n) is 14.0. The minimum Gasteiger partial charge on any atom is -0.294 e. The number of fused-ring (bicyclic) bond motifs is 1. The van der Waals surface area contributed by atoms with Crippen molar-refractivity contribution in [1.82, 2.24) is 24.6 Å². The molecule has 2 aromatic rings. The van der Waals surface area contributed by atoms with Crippen LogP contribution in [-0.4, -0.2) is 31.2 Å². The van der Waals surface area contributed by atoms with Crippen molar-refractivity contribution in [3.8, 4) is 0 Å². The van der Waals surface area contributed by atoms with Crippen LogP contribution in [0.3, 0.4) is 0 Å². The van der Waals surface area contributed by atoms with E-state index in [0.29, 0.717) is 12.0 Å². The van der Waals surface area contributed by atoms with E-state index in [1.165, 1.54) is 16.8 Å². The summed E-state index contributed by atoms with van der Waals surface area (Å²) in [5, 5.41) is 4.42. The number of hydrogen-bond acceptors (Lipinski definition) is 4. The summed E-state index contributed by atoms with van der Waals surface area (Å²) in [6, 6.07) is 0.415. The molecule has 22 heavy (non-hydrogen) atoms. The molecule has 5 heteroatoms. The lowest BCUT2D eigenvalue weighted by atomic mass is 10.1. The molecule has 0 saturated carbocycles. The van der Waals surface area contributed by atoms with Gasteiger partial charge < -0.3 is 0 Å². The first-order chi connectivity index (χ1) is 10.5. The van der Waals surface area contributed by atoms with Crippen LogP contribution in [0.4, 0.5) is 0 Å². The van der Waals surface area contributed by atoms with E-state index >= 15 is 0 Å². The topological polar surface area (TPSA) is 46.8 Å². The molecule has 5 nitrogen and oxygen atoms in total. The second kappa shape index (κ2) is 6.16. The highest BCUT2D eigenvalue weighted by Gasteiger charge is 2.19. The second-order valence-electron chi connectivity index (χ2n) is 6.74. The molecule has 118 valence electrons. The molecule has 1 aliphatic rings. The van der Waals surface area contributed by atoms with Crippen LogP contribution >= 0.6 is 0 Å². The van der Waals surface area contributed by atoms with Crippen molar-refractivity contribution in [3.63, 3.8) is 0 Å². The van der Waals surface area contributed by atoms with Gasteiger partial charge in [0.15, 0.2) is 0 Å². The van der Waals surface area contributed by atoms with E-state index in [4.69, 9.17) is 4.98 Å². The lowest BCUT2D eigenvalue weighted by molar-refractivity contribution is 0.242. The Balaban J connectivity index is 1.68. The van der Waals surface area contributed by atoms with Crippen LogP contribution in [-0.2, 0) is 19.5 Å². The summed E-state index contributed by atoms with van der Waals surface area (Å²) in [5.74, 6) is 1.36. The maximum atomic E-state index is 4.73. The van der Waals surface area contributed by atoms with Gasteiger partial charge >= 0.3 is 0 Å². The summed E-state index contributed by atoms with van der Waals surface area (Å²) >= 11 is 0. The highest BCUT2D eigenvalue weighted by Crippen LogP contribution is 2.20. The molecule has 0 fully saturated rings. The van der Waals surface area contributed by atoms with Crippen LogP contribution in [0.25, 0.3) is 0 Å². The van der Waals surface area contributed by atoms with E-state index in [1.54, 1.807) is 0 Å². The molecule has 0 aliphatic carbocycles. The van der Waals surface area contributed by atoms with E-state index in [1.807, 2.05) is 17.1 Å². The van der Waals surface area contributed by atoms with Gasteiger partial charge in [-0.05, 0) is 13.8 Å². The van der Waals surface area contributed by atoms with Crippen molar-refractivity contribution in [3.05, 3.63) is 41.2 Å². The minimum absolute atomic E-state index is 0.394. The van der Waals surface area contributed by atoms with E-state index in [2.05, 4.69) is 48.9 Å². The highest BCUT2D eigenvalue weighted by atomic mass is 15.3. The molecule has 3 rings (SSSR count). The third-order valence-corrected chi connectivity index (χ3v) is 4.14. The molecule has 2 aromatic heterocycles. The summed E-state index contributed by atoms with van der Waals surface area (Å²) in [5.41, 5.74) is 3.77. The lowest BCUT2D eigenvalue weighted by Gasteiger charge is -2.27. The Kier molecular flexibility index (Phi) is 4.25. The lowest BCUT2D eigenvalue weighted by Crippen LogP contribution is -2.31. The van der Waals surface area contributed by atoms with Gasteiger partial charge in [0.2, 0.25) is 0 Å². The molecule has 0 bridgehead atoms. The van der Waals surface area contributed by atoms with Crippen molar-refractivity contribution in [2.75, 3.05) is 6.54 Å². The van der Waals surface area contributed by atoms with Gasteiger partial charge in [0.25, 0.3) is 0 Å². The fourth-order valence-corrected chi connectivity index (χ4v) is 2.80. The van der Waals surface area contributed by atoms with Crippen LogP contribution < -0.4 is 0 Å².